The Balaban J connectivity index is 1.47. The van der Waals surface area contributed by atoms with Gasteiger partial charge in [0.2, 0.25) is 0 Å². The summed E-state index contributed by atoms with van der Waals surface area (Å²) in [7, 11) is 3.02. The molecule has 8 nitrogen and oxygen atoms in total. The molecule has 4 aromatic rings. The van der Waals surface area contributed by atoms with Crippen molar-refractivity contribution in [3.63, 3.8) is 0 Å². The number of esters is 1. The van der Waals surface area contributed by atoms with E-state index in [0.29, 0.717) is 34.1 Å². The number of aromatic nitrogens is 2. The Hall–Kier alpha value is -4.33. The van der Waals surface area contributed by atoms with E-state index >= 15 is 0 Å². The molecule has 34 heavy (non-hydrogen) atoms. The number of anilines is 1. The molecule has 0 fully saturated rings. The van der Waals surface area contributed by atoms with Crippen LogP contribution in [0.2, 0.25) is 0 Å². The minimum absolute atomic E-state index is 0.310. The van der Waals surface area contributed by atoms with Crippen LogP contribution in [0.15, 0.2) is 60.7 Å². The second kappa shape index (κ2) is 9.66. The van der Waals surface area contributed by atoms with Gasteiger partial charge in [-0.3, -0.25) is 4.79 Å². The van der Waals surface area contributed by atoms with Gasteiger partial charge in [0.1, 0.15) is 17.3 Å². The Labute approximate surface area is 196 Å². The van der Waals surface area contributed by atoms with Crippen molar-refractivity contribution in [2.24, 2.45) is 0 Å². The second-order valence-corrected chi connectivity index (χ2v) is 7.79. The van der Waals surface area contributed by atoms with E-state index < -0.39 is 18.0 Å². The lowest BCUT2D eigenvalue weighted by Crippen LogP contribution is -2.30. The summed E-state index contributed by atoms with van der Waals surface area (Å²) in [6.07, 6.45) is -1.04. The molecule has 0 spiro atoms. The highest BCUT2D eigenvalue weighted by molar-refractivity contribution is 5.99. The molecule has 174 valence electrons. The lowest BCUT2D eigenvalue weighted by atomic mass is 10.1. The van der Waals surface area contributed by atoms with Gasteiger partial charge < -0.3 is 24.5 Å². The van der Waals surface area contributed by atoms with Crippen LogP contribution in [0.1, 0.15) is 22.8 Å². The zero-order valence-electron chi connectivity index (χ0n) is 19.3. The van der Waals surface area contributed by atoms with Crippen LogP contribution in [0.5, 0.6) is 11.5 Å². The van der Waals surface area contributed by atoms with E-state index in [1.54, 1.807) is 36.4 Å². The van der Waals surface area contributed by atoms with Gasteiger partial charge in [-0.1, -0.05) is 29.8 Å². The molecule has 1 heterocycles. The number of H-pyrrole nitrogens is 1. The fourth-order valence-electron chi connectivity index (χ4n) is 3.41. The van der Waals surface area contributed by atoms with Gasteiger partial charge in [-0.25, -0.2) is 9.78 Å². The first kappa shape index (κ1) is 22.8. The van der Waals surface area contributed by atoms with E-state index in [1.807, 2.05) is 31.2 Å². The maximum atomic E-state index is 12.7. The molecule has 0 aliphatic carbocycles. The first-order valence-corrected chi connectivity index (χ1v) is 10.7. The van der Waals surface area contributed by atoms with Gasteiger partial charge in [0.15, 0.2) is 6.10 Å². The molecule has 1 atom stereocenters. The van der Waals surface area contributed by atoms with Crippen molar-refractivity contribution >= 4 is 28.6 Å². The number of aromatic amines is 1. The van der Waals surface area contributed by atoms with E-state index in [-0.39, 0.29) is 0 Å². The molecule has 0 aliphatic heterocycles. The molecular weight excluding hydrogens is 434 g/mol. The van der Waals surface area contributed by atoms with Gasteiger partial charge in [-0.15, -0.1) is 0 Å². The standard InChI is InChI=1S/C26H25N3O5/c1-15-5-7-17(8-6-15)24-27-20-11-9-18(13-21(20)28-24)26(31)34-16(2)25(30)29-22-14-19(32-3)10-12-23(22)33-4/h5-14,16H,1-4H3,(H,27,28)(H,29,30). The Bertz CT molecular complexity index is 1340. The second-order valence-electron chi connectivity index (χ2n) is 7.79. The Kier molecular flexibility index (Phi) is 6.49. The number of aryl methyl sites for hydroxylation is 1. The molecule has 0 aliphatic rings. The Morgan fingerprint density at radius 3 is 2.44 bits per heavy atom. The Morgan fingerprint density at radius 1 is 0.971 bits per heavy atom. The summed E-state index contributed by atoms with van der Waals surface area (Å²) in [5.74, 6) is 0.610. The third kappa shape index (κ3) is 4.85. The number of amides is 1. The highest BCUT2D eigenvalue weighted by Gasteiger charge is 2.21. The van der Waals surface area contributed by atoms with Crippen LogP contribution < -0.4 is 14.8 Å². The molecule has 1 unspecified atom stereocenters. The monoisotopic (exact) mass is 459 g/mol. The molecule has 0 saturated heterocycles. The SMILES string of the molecule is COc1ccc(OC)c(NC(=O)C(C)OC(=O)c2ccc3nc(-c4ccc(C)cc4)[nH]c3c2)c1. The summed E-state index contributed by atoms with van der Waals surface area (Å²) in [6.45, 7) is 3.53. The van der Waals surface area contributed by atoms with Gasteiger partial charge >= 0.3 is 5.97 Å². The normalized spacial score (nSPS) is 11.6. The number of carbonyl (C=O) groups is 2. The molecule has 2 N–H and O–H groups in total. The summed E-state index contributed by atoms with van der Waals surface area (Å²) in [4.78, 5) is 33.2. The molecule has 0 radical (unpaired) electrons. The van der Waals surface area contributed by atoms with E-state index in [4.69, 9.17) is 14.2 Å². The van der Waals surface area contributed by atoms with Crippen molar-refractivity contribution in [2.45, 2.75) is 20.0 Å². The van der Waals surface area contributed by atoms with Crippen LogP contribution >= 0.6 is 0 Å². The van der Waals surface area contributed by atoms with Crippen LogP contribution in [0.4, 0.5) is 5.69 Å². The van der Waals surface area contributed by atoms with Gasteiger partial charge in [0, 0.05) is 11.6 Å². The number of benzene rings is 3. The van der Waals surface area contributed by atoms with E-state index in [1.165, 1.54) is 21.1 Å². The average Bonchev–Trinajstić information content (AvgIpc) is 3.27. The van der Waals surface area contributed by atoms with Crippen LogP contribution in [-0.2, 0) is 9.53 Å². The van der Waals surface area contributed by atoms with E-state index in [0.717, 1.165) is 16.6 Å². The van der Waals surface area contributed by atoms with Crippen LogP contribution in [0.3, 0.4) is 0 Å². The lowest BCUT2D eigenvalue weighted by molar-refractivity contribution is -0.123. The number of fused-ring (bicyclic) bond motifs is 1. The minimum atomic E-state index is -1.04. The van der Waals surface area contributed by atoms with Gasteiger partial charge in [-0.2, -0.15) is 0 Å². The number of methoxy groups -OCH3 is 2. The maximum absolute atomic E-state index is 12.7. The number of carbonyl (C=O) groups excluding carboxylic acids is 2. The first-order chi connectivity index (χ1) is 16.4. The highest BCUT2D eigenvalue weighted by atomic mass is 16.5. The molecule has 3 aromatic carbocycles. The molecule has 4 rings (SSSR count). The molecule has 0 bridgehead atoms. The van der Waals surface area contributed by atoms with Crippen molar-refractivity contribution in [1.29, 1.82) is 0 Å². The largest absolute Gasteiger partial charge is 0.497 e. The van der Waals surface area contributed by atoms with Crippen molar-refractivity contribution in [1.82, 2.24) is 9.97 Å². The topological polar surface area (TPSA) is 103 Å². The quantitative estimate of drug-likeness (QED) is 0.387. The molecule has 0 saturated carbocycles. The average molecular weight is 460 g/mol. The summed E-state index contributed by atoms with van der Waals surface area (Å²) in [5, 5.41) is 2.71. The number of imidazole rings is 1. The third-order valence-electron chi connectivity index (χ3n) is 5.36. The summed E-state index contributed by atoms with van der Waals surface area (Å²) in [6, 6.07) is 18.0. The fourth-order valence-corrected chi connectivity index (χ4v) is 3.41. The number of rotatable bonds is 7. The van der Waals surface area contributed by atoms with Gasteiger partial charge in [0.05, 0.1) is 36.5 Å². The number of nitrogens with one attached hydrogen (secondary N) is 2. The fraction of sp³-hybridized carbons (Fsp3) is 0.192. The number of nitrogens with zero attached hydrogens (tertiary/aromatic N) is 1. The lowest BCUT2D eigenvalue weighted by Gasteiger charge is -2.16. The molecular formula is C26H25N3O5. The minimum Gasteiger partial charge on any atom is -0.497 e. The predicted octanol–water partition coefficient (Wildman–Crippen LogP) is 4.74. The zero-order chi connectivity index (χ0) is 24.2. The van der Waals surface area contributed by atoms with Gasteiger partial charge in [0.25, 0.3) is 5.91 Å². The zero-order valence-corrected chi connectivity index (χ0v) is 19.3. The smallest absolute Gasteiger partial charge is 0.338 e. The van der Waals surface area contributed by atoms with E-state index in [9.17, 15) is 9.59 Å². The summed E-state index contributed by atoms with van der Waals surface area (Å²) in [5.41, 5.74) is 4.26. The Morgan fingerprint density at radius 2 is 1.74 bits per heavy atom. The van der Waals surface area contributed by atoms with Crippen molar-refractivity contribution in [2.75, 3.05) is 19.5 Å². The third-order valence-corrected chi connectivity index (χ3v) is 5.36. The summed E-state index contributed by atoms with van der Waals surface area (Å²) < 4.78 is 15.9. The first-order valence-electron chi connectivity index (χ1n) is 10.7. The number of hydrogen-bond donors (Lipinski definition) is 2. The van der Waals surface area contributed by atoms with E-state index in [2.05, 4.69) is 15.3 Å². The van der Waals surface area contributed by atoms with Crippen LogP contribution in [0, 0.1) is 6.92 Å². The predicted molar refractivity (Wildman–Crippen MR) is 129 cm³/mol. The van der Waals surface area contributed by atoms with Gasteiger partial charge in [-0.05, 0) is 44.2 Å². The maximum Gasteiger partial charge on any atom is 0.338 e. The molecule has 8 heteroatoms. The van der Waals surface area contributed by atoms with Crippen molar-refractivity contribution in [3.05, 3.63) is 71.8 Å². The number of hydrogen-bond acceptors (Lipinski definition) is 6. The summed E-state index contributed by atoms with van der Waals surface area (Å²) >= 11 is 0. The van der Waals surface area contributed by atoms with Crippen LogP contribution in [0.25, 0.3) is 22.4 Å². The van der Waals surface area contributed by atoms with Crippen molar-refractivity contribution < 1.29 is 23.8 Å². The van der Waals surface area contributed by atoms with Crippen molar-refractivity contribution in [3.8, 4) is 22.9 Å². The number of ether oxygens (including phenoxy) is 3. The highest BCUT2D eigenvalue weighted by Crippen LogP contribution is 2.29. The molecule has 1 aromatic heterocycles. The molecule has 1 amide bonds. The van der Waals surface area contributed by atoms with Crippen LogP contribution in [-0.4, -0.2) is 42.2 Å².